The summed E-state index contributed by atoms with van der Waals surface area (Å²) in [5.41, 5.74) is 1.70. The van der Waals surface area contributed by atoms with E-state index in [2.05, 4.69) is 16.0 Å². The number of ether oxygens (including phenoxy) is 1. The zero-order valence-corrected chi connectivity index (χ0v) is 15.6. The molecule has 2 aliphatic rings. The second kappa shape index (κ2) is 8.99. The Balaban J connectivity index is 1.44. The molecule has 1 heterocycles. The van der Waals surface area contributed by atoms with Crippen molar-refractivity contribution >= 4 is 23.2 Å². The van der Waals surface area contributed by atoms with Crippen molar-refractivity contribution in [1.29, 1.82) is 0 Å². The minimum Gasteiger partial charge on any atom is -0.379 e. The van der Waals surface area contributed by atoms with Crippen LogP contribution in [0.1, 0.15) is 31.2 Å². The highest BCUT2D eigenvalue weighted by Gasteiger charge is 2.34. The summed E-state index contributed by atoms with van der Waals surface area (Å²) >= 11 is 6.10. The lowest BCUT2D eigenvalue weighted by Gasteiger charge is -2.33. The van der Waals surface area contributed by atoms with Gasteiger partial charge in [0, 0.05) is 42.3 Å². The molecule has 25 heavy (non-hydrogen) atoms. The Labute approximate surface area is 154 Å². The molecule has 1 saturated heterocycles. The van der Waals surface area contributed by atoms with E-state index in [1.807, 2.05) is 25.1 Å². The Morgan fingerprint density at radius 2 is 2.28 bits per heavy atom. The average molecular weight is 366 g/mol. The van der Waals surface area contributed by atoms with E-state index in [1.54, 1.807) is 0 Å². The number of rotatable bonds is 6. The number of benzene rings is 1. The molecule has 1 aromatic rings. The van der Waals surface area contributed by atoms with Crippen LogP contribution in [0.3, 0.4) is 0 Å². The number of amides is 1. The first-order chi connectivity index (χ1) is 12.1. The lowest BCUT2D eigenvalue weighted by atomic mass is 9.94. The molecule has 3 rings (SSSR count). The third-order valence-corrected chi connectivity index (χ3v) is 5.75. The van der Waals surface area contributed by atoms with E-state index in [4.69, 9.17) is 16.3 Å². The SMILES string of the molecule is Cc1c(Cl)cccc1NC(=O)CCNC1CCCC1C1COCCN1. The van der Waals surface area contributed by atoms with Crippen molar-refractivity contribution in [2.24, 2.45) is 5.92 Å². The van der Waals surface area contributed by atoms with Crippen LogP contribution in [-0.2, 0) is 9.53 Å². The molecule has 2 fully saturated rings. The van der Waals surface area contributed by atoms with Crippen molar-refractivity contribution < 1.29 is 9.53 Å². The molecule has 138 valence electrons. The number of anilines is 1. The minimum atomic E-state index is 0.0199. The van der Waals surface area contributed by atoms with Gasteiger partial charge in [0.05, 0.1) is 13.2 Å². The van der Waals surface area contributed by atoms with Gasteiger partial charge in [-0.15, -0.1) is 0 Å². The fourth-order valence-corrected chi connectivity index (χ4v) is 4.09. The van der Waals surface area contributed by atoms with Crippen molar-refractivity contribution in [1.82, 2.24) is 10.6 Å². The number of halogens is 1. The van der Waals surface area contributed by atoms with Crippen LogP contribution >= 0.6 is 11.6 Å². The molecule has 1 aromatic carbocycles. The highest BCUT2D eigenvalue weighted by molar-refractivity contribution is 6.31. The molecule has 5 nitrogen and oxygen atoms in total. The molecule has 0 radical (unpaired) electrons. The third kappa shape index (κ3) is 4.94. The Morgan fingerprint density at radius 1 is 1.40 bits per heavy atom. The molecule has 0 aromatic heterocycles. The first kappa shape index (κ1) is 18.6. The molecule has 0 spiro atoms. The van der Waals surface area contributed by atoms with Gasteiger partial charge in [-0.1, -0.05) is 24.1 Å². The summed E-state index contributed by atoms with van der Waals surface area (Å²) in [6, 6.07) is 6.48. The fraction of sp³-hybridized carbons (Fsp3) is 0.632. The van der Waals surface area contributed by atoms with Gasteiger partial charge in [-0.05, 0) is 43.4 Å². The monoisotopic (exact) mass is 365 g/mol. The van der Waals surface area contributed by atoms with Crippen LogP contribution in [0.4, 0.5) is 5.69 Å². The molecule has 3 unspecified atom stereocenters. The smallest absolute Gasteiger partial charge is 0.225 e. The minimum absolute atomic E-state index is 0.0199. The average Bonchev–Trinajstić information content (AvgIpc) is 3.08. The molecule has 1 amide bonds. The lowest BCUT2D eigenvalue weighted by Crippen LogP contribution is -2.51. The second-order valence-electron chi connectivity index (χ2n) is 7.00. The Morgan fingerprint density at radius 3 is 3.08 bits per heavy atom. The van der Waals surface area contributed by atoms with Crippen LogP contribution in [-0.4, -0.2) is 44.3 Å². The summed E-state index contributed by atoms with van der Waals surface area (Å²) in [6.45, 7) is 5.16. The normalized spacial score (nSPS) is 26.6. The lowest BCUT2D eigenvalue weighted by molar-refractivity contribution is -0.116. The van der Waals surface area contributed by atoms with Gasteiger partial charge in [-0.2, -0.15) is 0 Å². The number of hydrogen-bond donors (Lipinski definition) is 3. The number of hydrogen-bond acceptors (Lipinski definition) is 4. The van der Waals surface area contributed by atoms with Crippen molar-refractivity contribution in [2.75, 3.05) is 31.6 Å². The van der Waals surface area contributed by atoms with Crippen molar-refractivity contribution in [3.63, 3.8) is 0 Å². The van der Waals surface area contributed by atoms with Crippen molar-refractivity contribution in [3.05, 3.63) is 28.8 Å². The Kier molecular flexibility index (Phi) is 6.70. The van der Waals surface area contributed by atoms with E-state index in [-0.39, 0.29) is 5.91 Å². The number of nitrogens with one attached hydrogen (secondary N) is 3. The van der Waals surface area contributed by atoms with Crippen LogP contribution in [0, 0.1) is 12.8 Å². The van der Waals surface area contributed by atoms with Gasteiger partial charge in [0.1, 0.15) is 0 Å². The van der Waals surface area contributed by atoms with Crippen molar-refractivity contribution in [2.45, 2.75) is 44.7 Å². The van der Waals surface area contributed by atoms with Gasteiger partial charge in [0.15, 0.2) is 0 Å². The number of carbonyl (C=O) groups excluding carboxylic acids is 1. The highest BCUT2D eigenvalue weighted by atomic mass is 35.5. The van der Waals surface area contributed by atoms with Crippen LogP contribution in [0.5, 0.6) is 0 Å². The number of morpholine rings is 1. The van der Waals surface area contributed by atoms with E-state index in [0.717, 1.165) is 31.0 Å². The zero-order valence-electron chi connectivity index (χ0n) is 14.8. The van der Waals surface area contributed by atoms with Crippen LogP contribution in [0.15, 0.2) is 18.2 Å². The summed E-state index contributed by atoms with van der Waals surface area (Å²) in [4.78, 5) is 12.2. The maximum atomic E-state index is 12.2. The van der Waals surface area contributed by atoms with Gasteiger partial charge >= 0.3 is 0 Å². The molecule has 1 aliphatic heterocycles. The predicted molar refractivity (Wildman–Crippen MR) is 101 cm³/mol. The molecule has 6 heteroatoms. The van der Waals surface area contributed by atoms with E-state index in [9.17, 15) is 4.79 Å². The van der Waals surface area contributed by atoms with Crippen molar-refractivity contribution in [3.8, 4) is 0 Å². The maximum absolute atomic E-state index is 12.2. The summed E-state index contributed by atoms with van der Waals surface area (Å²) in [7, 11) is 0. The zero-order chi connectivity index (χ0) is 17.6. The molecular formula is C19H28ClN3O2. The van der Waals surface area contributed by atoms with Gasteiger partial charge < -0.3 is 20.7 Å². The quantitative estimate of drug-likeness (QED) is 0.725. The number of carbonyl (C=O) groups is 1. The Bertz CT molecular complexity index is 590. The van der Waals surface area contributed by atoms with Gasteiger partial charge in [0.2, 0.25) is 5.91 Å². The third-order valence-electron chi connectivity index (χ3n) is 5.34. The topological polar surface area (TPSA) is 62.4 Å². The predicted octanol–water partition coefficient (Wildman–Crippen LogP) is 2.72. The fourth-order valence-electron chi connectivity index (χ4n) is 3.91. The largest absolute Gasteiger partial charge is 0.379 e. The molecule has 3 atom stereocenters. The van der Waals surface area contributed by atoms with Crippen LogP contribution in [0.2, 0.25) is 5.02 Å². The summed E-state index contributed by atoms with van der Waals surface area (Å²) in [5.74, 6) is 0.616. The van der Waals surface area contributed by atoms with E-state index in [1.165, 1.54) is 19.3 Å². The van der Waals surface area contributed by atoms with Crippen LogP contribution < -0.4 is 16.0 Å². The second-order valence-corrected chi connectivity index (χ2v) is 7.41. The summed E-state index contributed by atoms with van der Waals surface area (Å²) in [5, 5.41) is 10.8. The molecule has 1 aliphatic carbocycles. The molecule has 3 N–H and O–H groups in total. The highest BCUT2D eigenvalue weighted by Crippen LogP contribution is 2.29. The summed E-state index contributed by atoms with van der Waals surface area (Å²) in [6.07, 6.45) is 4.11. The maximum Gasteiger partial charge on any atom is 0.225 e. The van der Waals surface area contributed by atoms with Crippen LogP contribution in [0.25, 0.3) is 0 Å². The summed E-state index contributed by atoms with van der Waals surface area (Å²) < 4.78 is 5.61. The first-order valence-electron chi connectivity index (χ1n) is 9.24. The molecule has 0 bridgehead atoms. The van der Waals surface area contributed by atoms with Gasteiger partial charge in [0.25, 0.3) is 0 Å². The Hall–Kier alpha value is -1.14. The van der Waals surface area contributed by atoms with E-state index >= 15 is 0 Å². The molecule has 1 saturated carbocycles. The molecular weight excluding hydrogens is 338 g/mol. The standard InChI is InChI=1S/C19H28ClN3O2/c1-13-15(20)5-3-6-16(13)23-19(24)8-9-21-17-7-2-4-14(17)18-12-25-11-10-22-18/h3,5-6,14,17-18,21-22H,2,4,7-12H2,1H3,(H,23,24). The van der Waals surface area contributed by atoms with Gasteiger partial charge in [-0.3, -0.25) is 4.79 Å². The van der Waals surface area contributed by atoms with Gasteiger partial charge in [-0.25, -0.2) is 0 Å². The van der Waals surface area contributed by atoms with E-state index < -0.39 is 0 Å². The first-order valence-corrected chi connectivity index (χ1v) is 9.62. The van der Waals surface area contributed by atoms with E-state index in [0.29, 0.717) is 36.0 Å².